The summed E-state index contributed by atoms with van der Waals surface area (Å²) >= 11 is 0. The number of benzene rings is 3. The summed E-state index contributed by atoms with van der Waals surface area (Å²) < 4.78 is 5.05. The lowest BCUT2D eigenvalue weighted by molar-refractivity contribution is -0.119. The molecular formula is C20H14N2O3. The number of rotatable bonds is 4. The quantitative estimate of drug-likeness (QED) is 0.743. The van der Waals surface area contributed by atoms with E-state index in [-0.39, 0.29) is 6.61 Å². The highest BCUT2D eigenvalue weighted by molar-refractivity contribution is 5.98. The van der Waals surface area contributed by atoms with Gasteiger partial charge in [-0.25, -0.2) is 4.79 Å². The molecule has 0 aliphatic heterocycles. The number of anilines is 1. The van der Waals surface area contributed by atoms with E-state index in [0.717, 1.165) is 10.8 Å². The van der Waals surface area contributed by atoms with Crippen LogP contribution in [0.5, 0.6) is 0 Å². The van der Waals surface area contributed by atoms with E-state index >= 15 is 0 Å². The topological polar surface area (TPSA) is 79.2 Å². The van der Waals surface area contributed by atoms with Gasteiger partial charge in [-0.1, -0.05) is 30.3 Å². The summed E-state index contributed by atoms with van der Waals surface area (Å²) in [5.41, 5.74) is 1.43. The zero-order valence-corrected chi connectivity index (χ0v) is 13.2. The predicted octanol–water partition coefficient (Wildman–Crippen LogP) is 3.51. The predicted molar refractivity (Wildman–Crippen MR) is 94.0 cm³/mol. The summed E-state index contributed by atoms with van der Waals surface area (Å²) in [5.74, 6) is -1.00. The Hall–Kier alpha value is -3.65. The second kappa shape index (κ2) is 7.28. The van der Waals surface area contributed by atoms with Crippen molar-refractivity contribution >= 4 is 28.3 Å². The van der Waals surface area contributed by atoms with Crippen LogP contribution in [0, 0.1) is 11.3 Å². The van der Waals surface area contributed by atoms with Crippen molar-refractivity contribution in [2.24, 2.45) is 0 Å². The smallest absolute Gasteiger partial charge is 0.338 e. The van der Waals surface area contributed by atoms with Crippen LogP contribution in [0.3, 0.4) is 0 Å². The second-order valence-electron chi connectivity index (χ2n) is 5.38. The fourth-order valence-corrected chi connectivity index (χ4v) is 2.36. The number of esters is 1. The van der Waals surface area contributed by atoms with Gasteiger partial charge in [0, 0.05) is 5.69 Å². The third-order valence-corrected chi connectivity index (χ3v) is 3.62. The monoisotopic (exact) mass is 330 g/mol. The number of nitrogens with one attached hydrogen (secondary N) is 1. The second-order valence-corrected chi connectivity index (χ2v) is 5.38. The SMILES string of the molecule is N#Cc1ccc(NC(=O)COC(=O)c2ccc3ccccc3c2)cc1. The highest BCUT2D eigenvalue weighted by Crippen LogP contribution is 2.16. The number of carbonyl (C=O) groups is 2. The third kappa shape index (κ3) is 4.01. The van der Waals surface area contributed by atoms with Gasteiger partial charge < -0.3 is 10.1 Å². The van der Waals surface area contributed by atoms with Gasteiger partial charge in [-0.3, -0.25) is 4.79 Å². The van der Waals surface area contributed by atoms with Gasteiger partial charge in [0.25, 0.3) is 5.91 Å². The Kier molecular flexibility index (Phi) is 4.72. The van der Waals surface area contributed by atoms with Crippen LogP contribution < -0.4 is 5.32 Å². The minimum atomic E-state index is -0.555. The zero-order chi connectivity index (χ0) is 17.6. The van der Waals surface area contributed by atoms with Crippen molar-refractivity contribution < 1.29 is 14.3 Å². The molecule has 0 radical (unpaired) electrons. The summed E-state index contributed by atoms with van der Waals surface area (Å²) in [6.07, 6.45) is 0. The van der Waals surface area contributed by atoms with E-state index in [1.807, 2.05) is 36.4 Å². The van der Waals surface area contributed by atoms with Crippen LogP contribution in [0.1, 0.15) is 15.9 Å². The van der Waals surface area contributed by atoms with Crippen LogP contribution in [0.2, 0.25) is 0 Å². The molecule has 3 aromatic carbocycles. The van der Waals surface area contributed by atoms with Gasteiger partial charge in [-0.2, -0.15) is 5.26 Å². The summed E-state index contributed by atoms with van der Waals surface area (Å²) in [6, 6.07) is 21.3. The number of nitriles is 1. The summed E-state index contributed by atoms with van der Waals surface area (Å²) in [4.78, 5) is 24.0. The Balaban J connectivity index is 1.58. The molecule has 0 aliphatic rings. The van der Waals surface area contributed by atoms with Crippen molar-refractivity contribution in [3.8, 4) is 6.07 Å². The maximum absolute atomic E-state index is 12.1. The highest BCUT2D eigenvalue weighted by atomic mass is 16.5. The van der Waals surface area contributed by atoms with Crippen molar-refractivity contribution in [3.63, 3.8) is 0 Å². The first kappa shape index (κ1) is 16.2. The average Bonchev–Trinajstić information content (AvgIpc) is 2.66. The average molecular weight is 330 g/mol. The Morgan fingerprint density at radius 1 is 0.960 bits per heavy atom. The molecule has 3 aromatic rings. The molecule has 0 unspecified atom stereocenters. The first-order valence-corrected chi connectivity index (χ1v) is 7.61. The molecule has 0 heterocycles. The molecule has 122 valence electrons. The first-order chi connectivity index (χ1) is 12.2. The Morgan fingerprint density at radius 2 is 1.68 bits per heavy atom. The number of nitrogens with zero attached hydrogens (tertiary/aromatic N) is 1. The summed E-state index contributed by atoms with van der Waals surface area (Å²) in [5, 5.41) is 13.3. The van der Waals surface area contributed by atoms with Gasteiger partial charge in [0.15, 0.2) is 6.61 Å². The molecule has 1 N–H and O–H groups in total. The normalized spacial score (nSPS) is 10.0. The molecule has 5 heteroatoms. The van der Waals surface area contributed by atoms with Gasteiger partial charge in [0.2, 0.25) is 0 Å². The molecule has 0 atom stereocenters. The third-order valence-electron chi connectivity index (χ3n) is 3.62. The molecule has 25 heavy (non-hydrogen) atoms. The van der Waals surface area contributed by atoms with Crippen LogP contribution in [-0.4, -0.2) is 18.5 Å². The van der Waals surface area contributed by atoms with Gasteiger partial charge in [-0.05, 0) is 47.2 Å². The fraction of sp³-hybridized carbons (Fsp3) is 0.0500. The van der Waals surface area contributed by atoms with E-state index in [9.17, 15) is 9.59 Å². The standard InChI is InChI=1S/C20H14N2O3/c21-12-14-5-9-18(10-6-14)22-19(23)13-25-20(24)17-8-7-15-3-1-2-4-16(15)11-17/h1-11H,13H2,(H,22,23). The maximum atomic E-state index is 12.1. The van der Waals surface area contributed by atoms with E-state index < -0.39 is 11.9 Å². The van der Waals surface area contributed by atoms with Gasteiger partial charge in [-0.15, -0.1) is 0 Å². The van der Waals surface area contributed by atoms with Crippen molar-refractivity contribution in [1.82, 2.24) is 0 Å². The van der Waals surface area contributed by atoms with E-state index in [0.29, 0.717) is 16.8 Å². The van der Waals surface area contributed by atoms with Crippen molar-refractivity contribution in [2.75, 3.05) is 11.9 Å². The van der Waals surface area contributed by atoms with Gasteiger partial charge in [0.1, 0.15) is 0 Å². The van der Waals surface area contributed by atoms with E-state index in [1.54, 1.807) is 36.4 Å². The van der Waals surface area contributed by atoms with Crippen LogP contribution in [-0.2, 0) is 9.53 Å². The minimum Gasteiger partial charge on any atom is -0.452 e. The Morgan fingerprint density at radius 3 is 2.40 bits per heavy atom. The largest absolute Gasteiger partial charge is 0.452 e. The molecule has 0 saturated heterocycles. The van der Waals surface area contributed by atoms with Gasteiger partial charge >= 0.3 is 5.97 Å². The van der Waals surface area contributed by atoms with E-state index in [4.69, 9.17) is 10.00 Å². The summed E-state index contributed by atoms with van der Waals surface area (Å²) in [7, 11) is 0. The Labute approximate surface area is 144 Å². The van der Waals surface area contributed by atoms with Crippen LogP contribution in [0.4, 0.5) is 5.69 Å². The van der Waals surface area contributed by atoms with Crippen LogP contribution in [0.15, 0.2) is 66.7 Å². The first-order valence-electron chi connectivity index (χ1n) is 7.61. The molecule has 3 rings (SSSR count). The highest BCUT2D eigenvalue weighted by Gasteiger charge is 2.11. The number of fused-ring (bicyclic) bond motifs is 1. The molecule has 1 amide bonds. The fourth-order valence-electron chi connectivity index (χ4n) is 2.36. The molecule has 0 aromatic heterocycles. The Bertz CT molecular complexity index is 972. The molecule has 0 fully saturated rings. The molecule has 0 saturated carbocycles. The van der Waals surface area contributed by atoms with Crippen molar-refractivity contribution in [3.05, 3.63) is 77.9 Å². The lowest BCUT2D eigenvalue weighted by atomic mass is 10.1. The number of amides is 1. The number of hydrogen-bond donors (Lipinski definition) is 1. The molecule has 5 nitrogen and oxygen atoms in total. The molecular weight excluding hydrogens is 316 g/mol. The molecule has 0 aliphatic carbocycles. The van der Waals surface area contributed by atoms with Crippen molar-refractivity contribution in [2.45, 2.75) is 0 Å². The number of hydrogen-bond acceptors (Lipinski definition) is 4. The maximum Gasteiger partial charge on any atom is 0.338 e. The lowest BCUT2D eigenvalue weighted by Crippen LogP contribution is -2.20. The lowest BCUT2D eigenvalue weighted by Gasteiger charge is -2.07. The zero-order valence-electron chi connectivity index (χ0n) is 13.2. The van der Waals surface area contributed by atoms with Crippen LogP contribution >= 0.6 is 0 Å². The number of ether oxygens (including phenoxy) is 1. The van der Waals surface area contributed by atoms with E-state index in [2.05, 4.69) is 5.32 Å². The van der Waals surface area contributed by atoms with E-state index in [1.165, 1.54) is 0 Å². The number of carbonyl (C=O) groups excluding carboxylic acids is 2. The van der Waals surface area contributed by atoms with Crippen LogP contribution in [0.25, 0.3) is 10.8 Å². The minimum absolute atomic E-state index is 0.383. The molecule has 0 spiro atoms. The van der Waals surface area contributed by atoms with Gasteiger partial charge in [0.05, 0.1) is 17.2 Å². The summed E-state index contributed by atoms with van der Waals surface area (Å²) in [6.45, 7) is -0.383. The van der Waals surface area contributed by atoms with Crippen molar-refractivity contribution in [1.29, 1.82) is 5.26 Å². The molecule has 0 bridgehead atoms.